The van der Waals surface area contributed by atoms with Crippen LogP contribution in [0.5, 0.6) is 0 Å². The SMILES string of the molecule is [B]C([B])([B])C1(c2ccc(-c3cccc4c3oc3c(-c5ccc(N(c6ccc7c(c6)C(C)(C)c6ccccc6-7)c6ccc7c(c6)C(C)(C)c6ccccc6-7)cc5)cccc34)cc2)c2ccccc2-c2ccccc21. The Morgan fingerprint density at radius 1 is 0.342 bits per heavy atom. The molecule has 73 heavy (non-hydrogen) atoms. The third kappa shape index (κ3) is 6.09. The monoisotopic (exact) mass is 927 g/mol. The van der Waals surface area contributed by atoms with Crippen LogP contribution in [-0.2, 0) is 16.2 Å². The predicted octanol–water partition coefficient (Wildman–Crippen LogP) is 16.9. The molecule has 2 nitrogen and oxygen atoms in total. The highest BCUT2D eigenvalue weighted by atomic mass is 16.3. The Kier molecular flexibility index (Phi) is 9.29. The first-order valence-electron chi connectivity index (χ1n) is 25.4. The van der Waals surface area contributed by atoms with E-state index in [9.17, 15) is 0 Å². The normalized spacial score (nSPS) is 15.1. The van der Waals surface area contributed by atoms with Crippen LogP contribution in [0.15, 0.2) is 223 Å². The van der Waals surface area contributed by atoms with Gasteiger partial charge in [0.15, 0.2) is 0 Å². The van der Waals surface area contributed by atoms with Crippen LogP contribution in [0.4, 0.5) is 17.1 Å². The average molecular weight is 928 g/mol. The van der Waals surface area contributed by atoms with Crippen LogP contribution in [0.25, 0.3) is 77.6 Å². The molecule has 0 N–H and O–H groups in total. The number of fused-ring (bicyclic) bond motifs is 12. The molecule has 3 aliphatic rings. The predicted molar refractivity (Wildman–Crippen MR) is 306 cm³/mol. The Bertz CT molecular complexity index is 3930. The van der Waals surface area contributed by atoms with Gasteiger partial charge in [-0.3, -0.25) is 0 Å². The lowest BCUT2D eigenvalue weighted by Crippen LogP contribution is -2.42. The molecule has 5 heteroatoms. The molecular weight excluding hydrogens is 879 g/mol. The van der Waals surface area contributed by atoms with Crippen molar-refractivity contribution in [2.45, 2.75) is 49.1 Å². The largest absolute Gasteiger partial charge is 0.455 e. The minimum atomic E-state index is -1.60. The molecule has 0 spiro atoms. The molecule has 14 rings (SSSR count). The topological polar surface area (TPSA) is 16.4 Å². The van der Waals surface area contributed by atoms with Gasteiger partial charge in [-0.2, -0.15) is 0 Å². The van der Waals surface area contributed by atoms with E-state index in [0.717, 1.165) is 89.1 Å². The van der Waals surface area contributed by atoms with Gasteiger partial charge >= 0.3 is 0 Å². The summed E-state index contributed by atoms with van der Waals surface area (Å²) in [5.74, 6) is 0. The highest BCUT2D eigenvalue weighted by Gasteiger charge is 2.51. The van der Waals surface area contributed by atoms with E-state index in [4.69, 9.17) is 28.0 Å². The molecule has 0 bridgehead atoms. The van der Waals surface area contributed by atoms with E-state index >= 15 is 0 Å². The van der Waals surface area contributed by atoms with Gasteiger partial charge in [0.05, 0.1) is 23.5 Å². The van der Waals surface area contributed by atoms with Crippen LogP contribution in [0, 0.1) is 0 Å². The Hall–Kier alpha value is -8.01. The van der Waals surface area contributed by atoms with Gasteiger partial charge < -0.3 is 9.32 Å². The van der Waals surface area contributed by atoms with E-state index in [1.54, 1.807) is 0 Å². The van der Waals surface area contributed by atoms with E-state index in [-0.39, 0.29) is 10.8 Å². The summed E-state index contributed by atoms with van der Waals surface area (Å²) in [4.78, 5) is 2.43. The number of furan rings is 1. The van der Waals surface area contributed by atoms with Crippen molar-refractivity contribution in [2.24, 2.45) is 0 Å². The molecule has 0 unspecified atom stereocenters. The molecule has 0 saturated carbocycles. The molecule has 0 aliphatic heterocycles. The maximum absolute atomic E-state index is 7.04. The van der Waals surface area contributed by atoms with Crippen LogP contribution in [0.3, 0.4) is 0 Å². The smallest absolute Gasteiger partial charge is 0.143 e. The summed E-state index contributed by atoms with van der Waals surface area (Å²) in [6.45, 7) is 9.41. The number of hydrogen-bond donors (Lipinski definition) is 0. The first-order chi connectivity index (χ1) is 35.4. The summed E-state index contributed by atoms with van der Waals surface area (Å²) in [7, 11) is 20.6. The second kappa shape index (κ2) is 15.5. The van der Waals surface area contributed by atoms with Crippen molar-refractivity contribution in [3.63, 3.8) is 0 Å². The number of benzene rings is 10. The lowest BCUT2D eigenvalue weighted by Gasteiger charge is -2.46. The molecule has 340 valence electrons. The average Bonchev–Trinajstić information content (AvgIpc) is 4.09. The molecule has 6 radical (unpaired) electrons. The molecule has 0 amide bonds. The van der Waals surface area contributed by atoms with Crippen LogP contribution >= 0.6 is 0 Å². The maximum Gasteiger partial charge on any atom is 0.143 e. The number of rotatable bonds is 7. The van der Waals surface area contributed by atoms with Crippen molar-refractivity contribution >= 4 is 62.5 Å². The summed E-state index contributed by atoms with van der Waals surface area (Å²) < 4.78 is 7.04. The zero-order chi connectivity index (χ0) is 49.6. The second-order valence-electron chi connectivity index (χ2n) is 21.5. The zero-order valence-electron chi connectivity index (χ0n) is 41.4. The molecule has 10 aromatic carbocycles. The van der Waals surface area contributed by atoms with Crippen molar-refractivity contribution in [1.82, 2.24) is 0 Å². The zero-order valence-corrected chi connectivity index (χ0v) is 41.4. The summed E-state index contributed by atoms with van der Waals surface area (Å²) in [6, 6.07) is 78.8. The van der Waals surface area contributed by atoms with Gasteiger partial charge in [-0.25, -0.2) is 0 Å². The number of para-hydroxylation sites is 2. The van der Waals surface area contributed by atoms with Crippen molar-refractivity contribution in [1.29, 1.82) is 0 Å². The Morgan fingerprint density at radius 2 is 0.699 bits per heavy atom. The van der Waals surface area contributed by atoms with Gasteiger partial charge in [0.2, 0.25) is 0 Å². The summed E-state index contributed by atoms with van der Waals surface area (Å²) in [6.07, 6.45) is 0. The Morgan fingerprint density at radius 3 is 1.14 bits per heavy atom. The fourth-order valence-corrected chi connectivity index (χ4v) is 13.3. The third-order valence-electron chi connectivity index (χ3n) is 16.8. The molecule has 0 fully saturated rings. The fraction of sp³-hybridized carbons (Fsp3) is 0.118. The van der Waals surface area contributed by atoms with Gasteiger partial charge in [-0.05, 0) is 120 Å². The van der Waals surface area contributed by atoms with Gasteiger partial charge in [-0.1, -0.05) is 210 Å². The highest BCUT2D eigenvalue weighted by Crippen LogP contribution is 2.61. The lowest BCUT2D eigenvalue weighted by atomic mass is 9.30. The molecule has 11 aromatic rings. The summed E-state index contributed by atoms with van der Waals surface area (Å²) >= 11 is 0. The van der Waals surface area contributed by atoms with Crippen LogP contribution in [0.2, 0.25) is 5.11 Å². The minimum Gasteiger partial charge on any atom is -0.455 e. The fourth-order valence-electron chi connectivity index (χ4n) is 13.3. The Balaban J connectivity index is 0.859. The quantitative estimate of drug-likeness (QED) is 0.148. The van der Waals surface area contributed by atoms with Crippen LogP contribution in [0.1, 0.15) is 66.6 Å². The lowest BCUT2D eigenvalue weighted by molar-refractivity contribution is 0.640. The number of hydrogen-bond acceptors (Lipinski definition) is 2. The van der Waals surface area contributed by atoms with Crippen molar-refractivity contribution in [3.05, 3.63) is 257 Å². The van der Waals surface area contributed by atoms with E-state index < -0.39 is 10.5 Å². The van der Waals surface area contributed by atoms with Gasteiger partial charge in [0, 0.05) is 55.2 Å². The van der Waals surface area contributed by atoms with Gasteiger partial charge in [0.1, 0.15) is 11.2 Å². The first kappa shape index (κ1) is 43.8. The molecule has 0 saturated heterocycles. The van der Waals surface area contributed by atoms with Crippen LogP contribution in [-0.4, -0.2) is 23.5 Å². The molecule has 0 atom stereocenters. The number of anilines is 3. The van der Waals surface area contributed by atoms with E-state index in [1.165, 1.54) is 44.5 Å². The Labute approximate surface area is 431 Å². The van der Waals surface area contributed by atoms with Gasteiger partial charge in [-0.15, -0.1) is 5.11 Å². The molecular formula is C68H48B3NO. The molecule has 1 aromatic heterocycles. The van der Waals surface area contributed by atoms with E-state index in [1.807, 2.05) is 24.3 Å². The first-order valence-corrected chi connectivity index (χ1v) is 25.4. The van der Waals surface area contributed by atoms with Crippen LogP contribution < -0.4 is 4.90 Å². The summed E-state index contributed by atoms with van der Waals surface area (Å²) in [5, 5.41) is 0.531. The second-order valence-corrected chi connectivity index (χ2v) is 21.5. The van der Waals surface area contributed by atoms with E-state index in [0.29, 0.717) is 0 Å². The molecule has 1 heterocycles. The third-order valence-corrected chi connectivity index (χ3v) is 16.8. The highest BCUT2D eigenvalue weighted by molar-refractivity contribution is 6.60. The van der Waals surface area contributed by atoms with Crippen molar-refractivity contribution < 1.29 is 4.42 Å². The standard InChI is InChI=1S/C68H48B3NO/c1-65(2)57-23-9-5-15-49(57)53-37-35-45(39-61(53)65)72(46-36-38-54-50-16-6-10-24-58(50)66(3,4)62(54)40-46)44-33-29-42(30-34-44)48-20-14-22-56-55-21-13-19-47(63(55)73-64(48)56)41-27-31-43(32-28-41)67(68(69,70)71)59-25-11-7-17-51(59)52-18-8-12-26-60(52)67/h5-40H,1-4H3. The minimum absolute atomic E-state index is 0.141. The number of nitrogens with zero attached hydrogens (tertiary/aromatic N) is 1. The summed E-state index contributed by atoms with van der Waals surface area (Å²) in [5.41, 5.74) is 23.7. The van der Waals surface area contributed by atoms with Crippen molar-refractivity contribution in [3.8, 4) is 55.6 Å². The van der Waals surface area contributed by atoms with E-state index in [2.05, 4.69) is 227 Å². The van der Waals surface area contributed by atoms with Crippen molar-refractivity contribution in [2.75, 3.05) is 4.90 Å². The van der Waals surface area contributed by atoms with Gasteiger partial charge in [0.25, 0.3) is 0 Å². The molecule has 3 aliphatic carbocycles. The maximum atomic E-state index is 7.04.